The summed E-state index contributed by atoms with van der Waals surface area (Å²) in [6, 6.07) is 0. The second-order valence-electron chi connectivity index (χ2n) is 23.4. The zero-order chi connectivity index (χ0) is 58.5. The van der Waals surface area contributed by atoms with Crippen molar-refractivity contribution in [3.05, 3.63) is 85.1 Å². The smallest absolute Gasteiger partial charge is 0.306 e. The highest BCUT2D eigenvalue weighted by molar-refractivity contribution is 5.71. The van der Waals surface area contributed by atoms with E-state index in [2.05, 4.69) is 106 Å². The number of unbranched alkanes of at least 4 members (excludes halogenated alkanes) is 39. The van der Waals surface area contributed by atoms with Crippen molar-refractivity contribution in [3.63, 3.8) is 0 Å². The van der Waals surface area contributed by atoms with E-state index in [0.717, 1.165) is 96.3 Å². The quantitative estimate of drug-likeness (QED) is 0.0261. The van der Waals surface area contributed by atoms with Crippen LogP contribution in [0.3, 0.4) is 0 Å². The molecule has 6 heteroatoms. The van der Waals surface area contributed by atoms with E-state index in [1.165, 1.54) is 218 Å². The Morgan fingerprint density at radius 2 is 0.481 bits per heavy atom. The van der Waals surface area contributed by atoms with Gasteiger partial charge in [0.15, 0.2) is 6.10 Å². The van der Waals surface area contributed by atoms with Gasteiger partial charge < -0.3 is 14.2 Å². The van der Waals surface area contributed by atoms with Crippen molar-refractivity contribution in [1.29, 1.82) is 0 Å². The molecule has 0 amide bonds. The molecular weight excluding hydrogens is 997 g/mol. The van der Waals surface area contributed by atoms with Gasteiger partial charge in [0.1, 0.15) is 13.2 Å². The Kier molecular flexibility index (Phi) is 66.2. The summed E-state index contributed by atoms with van der Waals surface area (Å²) in [4.78, 5) is 38.4. The van der Waals surface area contributed by atoms with E-state index in [4.69, 9.17) is 14.2 Å². The molecule has 0 aliphatic rings. The van der Waals surface area contributed by atoms with E-state index in [-0.39, 0.29) is 31.1 Å². The molecule has 1 unspecified atom stereocenters. The lowest BCUT2D eigenvalue weighted by molar-refractivity contribution is -0.167. The molecule has 0 aromatic heterocycles. The predicted molar refractivity (Wildman–Crippen MR) is 353 cm³/mol. The molecule has 81 heavy (non-hydrogen) atoms. The summed E-state index contributed by atoms with van der Waals surface area (Å²) in [6.07, 6.45) is 91.7. The number of carbonyl (C=O) groups excluding carboxylic acids is 3. The molecule has 0 fully saturated rings. The largest absolute Gasteiger partial charge is 0.462 e. The van der Waals surface area contributed by atoms with Crippen LogP contribution in [0, 0.1) is 0 Å². The second kappa shape index (κ2) is 69.1. The summed E-state index contributed by atoms with van der Waals surface area (Å²) in [6.45, 7) is 6.56. The van der Waals surface area contributed by atoms with Crippen LogP contribution >= 0.6 is 0 Å². The average Bonchev–Trinajstić information content (AvgIpc) is 3.46. The van der Waals surface area contributed by atoms with Crippen molar-refractivity contribution in [2.75, 3.05) is 13.2 Å². The van der Waals surface area contributed by atoms with Crippen LogP contribution in [0.5, 0.6) is 0 Å². The Labute approximate surface area is 503 Å². The van der Waals surface area contributed by atoms with Crippen LogP contribution in [0.25, 0.3) is 0 Å². The van der Waals surface area contributed by atoms with Gasteiger partial charge in [-0.15, -0.1) is 0 Å². The Balaban J connectivity index is 4.29. The van der Waals surface area contributed by atoms with Gasteiger partial charge in [-0.2, -0.15) is 0 Å². The Morgan fingerprint density at radius 1 is 0.259 bits per heavy atom. The average molecular weight is 1130 g/mol. The van der Waals surface area contributed by atoms with Gasteiger partial charge in [-0.1, -0.05) is 324 Å². The first-order valence-corrected chi connectivity index (χ1v) is 35.1. The SMILES string of the molecule is CC/C=C\C/C=C\C/C=C\C/C=C\CCCCCCCCCCCCCCC(=O)OCC(COC(=O)CCCCCCCCCCCCCCC)OC(=O)CCCCCCCCCCCC/C=C\C/C=C\C/C=C\CCCCCCC. The summed E-state index contributed by atoms with van der Waals surface area (Å²) < 4.78 is 17.0. The molecule has 0 aromatic rings. The van der Waals surface area contributed by atoms with Crippen LogP contribution in [0.1, 0.15) is 355 Å². The van der Waals surface area contributed by atoms with Gasteiger partial charge >= 0.3 is 17.9 Å². The number of hydrogen-bond donors (Lipinski definition) is 0. The highest BCUT2D eigenvalue weighted by Crippen LogP contribution is 2.17. The molecule has 1 atom stereocenters. The third kappa shape index (κ3) is 67.3. The van der Waals surface area contributed by atoms with Crippen LogP contribution in [-0.4, -0.2) is 37.2 Å². The van der Waals surface area contributed by atoms with Gasteiger partial charge in [0.05, 0.1) is 0 Å². The molecule has 0 bridgehead atoms. The molecule has 0 N–H and O–H groups in total. The Bertz CT molecular complexity index is 1530. The number of esters is 3. The maximum absolute atomic E-state index is 13.0. The van der Waals surface area contributed by atoms with Crippen molar-refractivity contribution in [1.82, 2.24) is 0 Å². The number of rotatable bonds is 64. The van der Waals surface area contributed by atoms with Gasteiger partial charge in [-0.25, -0.2) is 0 Å². The summed E-state index contributed by atoms with van der Waals surface area (Å²) in [7, 11) is 0. The van der Waals surface area contributed by atoms with Crippen LogP contribution in [-0.2, 0) is 28.6 Å². The van der Waals surface area contributed by atoms with E-state index < -0.39 is 6.10 Å². The van der Waals surface area contributed by atoms with Crippen molar-refractivity contribution in [3.8, 4) is 0 Å². The molecule has 6 nitrogen and oxygen atoms in total. The first-order valence-electron chi connectivity index (χ1n) is 35.1. The van der Waals surface area contributed by atoms with Crippen molar-refractivity contribution < 1.29 is 28.6 Å². The van der Waals surface area contributed by atoms with Gasteiger partial charge in [0, 0.05) is 19.3 Å². The van der Waals surface area contributed by atoms with E-state index in [1.807, 2.05) is 0 Å². The zero-order valence-corrected chi connectivity index (χ0v) is 53.8. The van der Waals surface area contributed by atoms with Gasteiger partial charge in [0.25, 0.3) is 0 Å². The fourth-order valence-corrected chi connectivity index (χ4v) is 10.2. The summed E-state index contributed by atoms with van der Waals surface area (Å²) in [5.41, 5.74) is 0. The van der Waals surface area contributed by atoms with Crippen LogP contribution in [0.15, 0.2) is 85.1 Å². The summed E-state index contributed by atoms with van der Waals surface area (Å²) >= 11 is 0. The third-order valence-corrected chi connectivity index (χ3v) is 15.4. The standard InChI is InChI=1S/C75H132O6/c1-4-7-10-13-16-19-22-25-27-29-31-33-35-37-39-41-43-45-47-50-53-56-59-62-65-68-74(77)80-71-72(70-79-73(76)67-64-61-58-55-52-49-24-21-18-15-12-9-6-3)81-75(78)69-66-63-60-57-54-51-48-46-44-42-40-38-36-34-32-30-28-26-23-20-17-14-11-8-5-2/h7,10,16,19,23,25-27,30-33,36,38,72H,4-6,8-9,11-15,17-18,20-22,24,28-29,34-35,37,39-71H2,1-3H3/b10-7-,19-16-,26-23-,27-25-,32-30-,33-31-,38-36-. The molecule has 0 radical (unpaired) electrons. The highest BCUT2D eigenvalue weighted by atomic mass is 16.6. The Hall–Kier alpha value is -3.41. The first kappa shape index (κ1) is 77.6. The number of ether oxygens (including phenoxy) is 3. The van der Waals surface area contributed by atoms with E-state index >= 15 is 0 Å². The topological polar surface area (TPSA) is 78.9 Å². The summed E-state index contributed by atoms with van der Waals surface area (Å²) in [5, 5.41) is 0. The molecule has 0 heterocycles. The minimum Gasteiger partial charge on any atom is -0.462 e. The number of allylic oxidation sites excluding steroid dienone is 14. The third-order valence-electron chi connectivity index (χ3n) is 15.4. The molecule has 0 spiro atoms. The van der Waals surface area contributed by atoms with E-state index in [1.54, 1.807) is 0 Å². The lowest BCUT2D eigenvalue weighted by Gasteiger charge is -2.18. The van der Waals surface area contributed by atoms with Crippen LogP contribution in [0.2, 0.25) is 0 Å². The number of hydrogen-bond acceptors (Lipinski definition) is 6. The lowest BCUT2D eigenvalue weighted by atomic mass is 10.0. The van der Waals surface area contributed by atoms with Gasteiger partial charge in [-0.3, -0.25) is 14.4 Å². The molecule has 0 saturated heterocycles. The Morgan fingerprint density at radius 3 is 0.753 bits per heavy atom. The van der Waals surface area contributed by atoms with E-state index in [0.29, 0.717) is 19.3 Å². The van der Waals surface area contributed by atoms with Crippen molar-refractivity contribution in [2.45, 2.75) is 361 Å². The highest BCUT2D eigenvalue weighted by Gasteiger charge is 2.19. The molecule has 0 aliphatic carbocycles. The van der Waals surface area contributed by atoms with E-state index in [9.17, 15) is 14.4 Å². The fraction of sp³-hybridized carbons (Fsp3) is 0.773. The van der Waals surface area contributed by atoms with Crippen LogP contribution < -0.4 is 0 Å². The predicted octanol–water partition coefficient (Wildman–Crippen LogP) is 24.2. The van der Waals surface area contributed by atoms with Gasteiger partial charge in [0.2, 0.25) is 0 Å². The molecule has 0 saturated carbocycles. The monoisotopic (exact) mass is 1130 g/mol. The zero-order valence-electron chi connectivity index (χ0n) is 53.8. The molecule has 0 aliphatic heterocycles. The molecular formula is C75H132O6. The summed E-state index contributed by atoms with van der Waals surface area (Å²) in [5.74, 6) is -0.862. The molecule has 0 aromatic carbocycles. The first-order chi connectivity index (χ1) is 40.0. The fourth-order valence-electron chi connectivity index (χ4n) is 10.2. The van der Waals surface area contributed by atoms with Crippen molar-refractivity contribution >= 4 is 17.9 Å². The number of carbonyl (C=O) groups is 3. The molecule has 468 valence electrons. The van der Waals surface area contributed by atoms with Crippen molar-refractivity contribution in [2.24, 2.45) is 0 Å². The molecule has 0 rings (SSSR count). The maximum atomic E-state index is 13.0. The maximum Gasteiger partial charge on any atom is 0.306 e. The van der Waals surface area contributed by atoms with Gasteiger partial charge in [-0.05, 0) is 96.3 Å². The minimum atomic E-state index is -0.779. The van der Waals surface area contributed by atoms with Crippen LogP contribution in [0.4, 0.5) is 0 Å². The lowest BCUT2D eigenvalue weighted by Crippen LogP contribution is -2.30. The minimum absolute atomic E-state index is 0.0745. The second-order valence-corrected chi connectivity index (χ2v) is 23.4. The normalized spacial score (nSPS) is 12.6.